The molecule has 4 nitrogen and oxygen atoms in total. The van der Waals surface area contributed by atoms with Crippen LogP contribution in [0.15, 0.2) is 0 Å². The van der Waals surface area contributed by atoms with Crippen LogP contribution in [0.3, 0.4) is 0 Å². The van der Waals surface area contributed by atoms with Gasteiger partial charge in [0.2, 0.25) is 0 Å². The Bertz CT molecular complexity index is 429. The van der Waals surface area contributed by atoms with Crippen LogP contribution in [0, 0.1) is 0 Å². The lowest BCUT2D eigenvalue weighted by molar-refractivity contribution is 0.00365. The van der Waals surface area contributed by atoms with Gasteiger partial charge in [0.05, 0.1) is 6.54 Å². The van der Waals surface area contributed by atoms with Gasteiger partial charge in [0.15, 0.2) is 0 Å². The Morgan fingerprint density at radius 3 is 1.48 bits per heavy atom. The van der Waals surface area contributed by atoms with Gasteiger partial charge < -0.3 is 0 Å². The second-order valence-electron chi connectivity index (χ2n) is 9.32. The lowest BCUT2D eigenvalue weighted by Gasteiger charge is -2.48. The quantitative estimate of drug-likeness (QED) is 0.598. The summed E-state index contributed by atoms with van der Waals surface area (Å²) in [6.07, 6.45) is -0.0596. The maximum absolute atomic E-state index is 12.6. The van der Waals surface area contributed by atoms with E-state index >= 15 is 0 Å². The molecule has 0 aromatic rings. The first-order valence-corrected chi connectivity index (χ1v) is 10.4. The average molecular weight is 393 g/mol. The highest BCUT2D eigenvalue weighted by Gasteiger charge is 2.35. The molecular formula is C20H39F3N4. The van der Waals surface area contributed by atoms with E-state index in [4.69, 9.17) is 0 Å². The Morgan fingerprint density at radius 2 is 1.11 bits per heavy atom. The van der Waals surface area contributed by atoms with E-state index in [0.717, 1.165) is 65.2 Å². The highest BCUT2D eigenvalue weighted by Crippen LogP contribution is 2.29. The highest BCUT2D eigenvalue weighted by atomic mass is 19.3. The van der Waals surface area contributed by atoms with Crippen LogP contribution in [0.5, 0.6) is 0 Å². The first-order valence-electron chi connectivity index (χ1n) is 10.4. The van der Waals surface area contributed by atoms with Gasteiger partial charge in [-0.15, -0.1) is 0 Å². The highest BCUT2D eigenvalue weighted by molar-refractivity contribution is 4.91. The normalized spacial score (nSPS) is 22.7. The zero-order valence-corrected chi connectivity index (χ0v) is 17.7. The molecule has 0 atom stereocenters. The predicted octanol–water partition coefficient (Wildman–Crippen LogP) is 2.79. The molecule has 7 heteroatoms. The summed E-state index contributed by atoms with van der Waals surface area (Å²) in [4.78, 5) is 9.08. The van der Waals surface area contributed by atoms with Gasteiger partial charge in [-0.1, -0.05) is 0 Å². The molecule has 2 rings (SSSR count). The molecule has 2 saturated heterocycles. The smallest absolute Gasteiger partial charge is 0.251 e. The molecule has 0 amide bonds. The third kappa shape index (κ3) is 6.87. The number of piperazine rings is 2. The molecule has 0 spiro atoms. The van der Waals surface area contributed by atoms with E-state index in [1.807, 2.05) is 4.90 Å². The number of alkyl halides is 3. The fraction of sp³-hybridized carbons (Fsp3) is 1.00. The molecule has 0 aromatic heterocycles. The van der Waals surface area contributed by atoms with E-state index in [9.17, 15) is 13.2 Å². The van der Waals surface area contributed by atoms with Crippen molar-refractivity contribution in [3.63, 3.8) is 0 Å². The lowest BCUT2D eigenvalue weighted by Crippen LogP contribution is -2.57. The fourth-order valence-corrected chi connectivity index (χ4v) is 4.36. The van der Waals surface area contributed by atoms with Gasteiger partial charge >= 0.3 is 0 Å². The maximum atomic E-state index is 12.6. The molecule has 160 valence electrons. The van der Waals surface area contributed by atoms with Crippen molar-refractivity contribution < 1.29 is 13.2 Å². The third-order valence-electron chi connectivity index (χ3n) is 6.60. The van der Waals surface area contributed by atoms with E-state index < -0.39 is 6.43 Å². The van der Waals surface area contributed by atoms with Gasteiger partial charge in [-0.05, 0) is 40.5 Å². The summed E-state index contributed by atoms with van der Waals surface area (Å²) in [5, 5.41) is 0. The van der Waals surface area contributed by atoms with Crippen LogP contribution in [0.2, 0.25) is 0 Å². The standard InChI is InChI=1S/C20H39F3N4/c1-19(2,26-13-9-24(8-7-21)10-14-26)5-6-20(3,4)27-15-11-25(12-16-27)17-18(22)23/h18H,5-17H2,1-4H3. The number of nitrogens with zero attached hydrogens (tertiary/aromatic N) is 4. The molecular weight excluding hydrogens is 353 g/mol. The summed E-state index contributed by atoms with van der Waals surface area (Å²) in [6.45, 7) is 16.5. The summed E-state index contributed by atoms with van der Waals surface area (Å²) < 4.78 is 37.7. The minimum Gasteiger partial charge on any atom is -0.298 e. The van der Waals surface area contributed by atoms with Crippen molar-refractivity contribution in [3.8, 4) is 0 Å². The Morgan fingerprint density at radius 1 is 0.704 bits per heavy atom. The molecule has 0 saturated carbocycles. The summed E-state index contributed by atoms with van der Waals surface area (Å²) in [5.74, 6) is 0. The Balaban J connectivity index is 1.78. The SMILES string of the molecule is CC(C)(CCC(C)(C)N1CCN(CC(F)F)CC1)N1CCN(CCF)CC1. The largest absolute Gasteiger partial charge is 0.298 e. The van der Waals surface area contributed by atoms with E-state index in [2.05, 4.69) is 42.4 Å². The minimum atomic E-state index is -2.24. The molecule has 0 N–H and O–H groups in total. The van der Waals surface area contributed by atoms with Gasteiger partial charge in [0.1, 0.15) is 6.67 Å². The van der Waals surface area contributed by atoms with Gasteiger partial charge in [-0.2, -0.15) is 0 Å². The van der Waals surface area contributed by atoms with Crippen LogP contribution in [0.1, 0.15) is 40.5 Å². The number of rotatable bonds is 9. The minimum absolute atomic E-state index is 0.0737. The maximum Gasteiger partial charge on any atom is 0.251 e. The molecule has 2 heterocycles. The van der Waals surface area contributed by atoms with Crippen molar-refractivity contribution in [2.75, 3.05) is 72.1 Å². The molecule has 2 fully saturated rings. The molecule has 0 bridgehead atoms. The third-order valence-corrected chi connectivity index (χ3v) is 6.60. The molecule has 0 aliphatic carbocycles. The van der Waals surface area contributed by atoms with Crippen LogP contribution >= 0.6 is 0 Å². The summed E-state index contributed by atoms with van der Waals surface area (Å²) >= 11 is 0. The summed E-state index contributed by atoms with van der Waals surface area (Å²) in [7, 11) is 0. The zero-order valence-electron chi connectivity index (χ0n) is 17.7. The molecule has 0 radical (unpaired) electrons. The van der Waals surface area contributed by atoms with Crippen molar-refractivity contribution in [2.24, 2.45) is 0 Å². The number of halogens is 3. The van der Waals surface area contributed by atoms with Crippen LogP contribution < -0.4 is 0 Å². The fourth-order valence-electron chi connectivity index (χ4n) is 4.36. The van der Waals surface area contributed by atoms with Gasteiger partial charge in [-0.3, -0.25) is 19.6 Å². The topological polar surface area (TPSA) is 13.0 Å². The first-order chi connectivity index (χ1) is 12.6. The van der Waals surface area contributed by atoms with Crippen LogP contribution in [-0.2, 0) is 0 Å². The molecule has 0 aromatic carbocycles. The van der Waals surface area contributed by atoms with Crippen molar-refractivity contribution >= 4 is 0 Å². The monoisotopic (exact) mass is 392 g/mol. The Labute approximate surface area is 163 Å². The second kappa shape index (κ2) is 9.90. The van der Waals surface area contributed by atoms with Gasteiger partial charge in [-0.25, -0.2) is 13.2 Å². The number of hydrogen-bond acceptors (Lipinski definition) is 4. The Hall–Kier alpha value is -0.370. The van der Waals surface area contributed by atoms with Crippen molar-refractivity contribution in [1.82, 2.24) is 19.6 Å². The molecule has 2 aliphatic heterocycles. The summed E-state index contributed by atoms with van der Waals surface area (Å²) in [6, 6.07) is 0. The Kier molecular flexibility index (Phi) is 8.40. The molecule has 27 heavy (non-hydrogen) atoms. The zero-order chi connectivity index (χ0) is 20.1. The van der Waals surface area contributed by atoms with Crippen LogP contribution in [0.4, 0.5) is 13.2 Å². The lowest BCUT2D eigenvalue weighted by atomic mass is 9.86. The van der Waals surface area contributed by atoms with E-state index in [1.165, 1.54) is 0 Å². The van der Waals surface area contributed by atoms with Crippen molar-refractivity contribution in [3.05, 3.63) is 0 Å². The second-order valence-corrected chi connectivity index (χ2v) is 9.32. The van der Waals surface area contributed by atoms with Crippen LogP contribution in [0.25, 0.3) is 0 Å². The van der Waals surface area contributed by atoms with E-state index in [-0.39, 0.29) is 24.3 Å². The summed E-state index contributed by atoms with van der Waals surface area (Å²) in [5.41, 5.74) is 0.195. The predicted molar refractivity (Wildman–Crippen MR) is 105 cm³/mol. The van der Waals surface area contributed by atoms with Crippen molar-refractivity contribution in [1.29, 1.82) is 0 Å². The van der Waals surface area contributed by atoms with E-state index in [1.54, 1.807) is 0 Å². The van der Waals surface area contributed by atoms with Gasteiger partial charge in [0.25, 0.3) is 6.43 Å². The molecule has 2 aliphatic rings. The van der Waals surface area contributed by atoms with E-state index in [0.29, 0.717) is 6.54 Å². The number of hydrogen-bond donors (Lipinski definition) is 0. The van der Waals surface area contributed by atoms with Crippen molar-refractivity contribution in [2.45, 2.75) is 58.0 Å². The molecule has 0 unspecified atom stereocenters. The van der Waals surface area contributed by atoms with Gasteiger partial charge in [0, 0.05) is 70.0 Å². The average Bonchev–Trinajstić information content (AvgIpc) is 2.61. The van der Waals surface area contributed by atoms with Crippen LogP contribution in [-0.4, -0.2) is 109 Å². The first kappa shape index (κ1) is 22.9.